The van der Waals surface area contributed by atoms with Crippen molar-refractivity contribution in [2.75, 3.05) is 11.9 Å². The van der Waals surface area contributed by atoms with E-state index in [1.807, 2.05) is 32.9 Å². The van der Waals surface area contributed by atoms with Crippen LogP contribution < -0.4 is 5.32 Å². The minimum absolute atomic E-state index is 0.0817. The average Bonchev–Trinajstić information content (AvgIpc) is 2.62. The van der Waals surface area contributed by atoms with Crippen LogP contribution in [0.3, 0.4) is 0 Å². The Bertz CT molecular complexity index is 534. The van der Waals surface area contributed by atoms with Crippen LogP contribution in [0.5, 0.6) is 0 Å². The van der Waals surface area contributed by atoms with Gasteiger partial charge in [0.15, 0.2) is 0 Å². The van der Waals surface area contributed by atoms with Gasteiger partial charge in [0.2, 0.25) is 5.91 Å². The quantitative estimate of drug-likeness (QED) is 0.858. The fourth-order valence-electron chi connectivity index (χ4n) is 2.57. The first-order valence-corrected chi connectivity index (χ1v) is 7.60. The van der Waals surface area contributed by atoms with Gasteiger partial charge in [-0.15, -0.1) is 0 Å². The molecule has 108 valence electrons. The second-order valence-electron chi connectivity index (χ2n) is 5.20. The zero-order valence-electron chi connectivity index (χ0n) is 12.0. The van der Waals surface area contributed by atoms with Crippen molar-refractivity contribution in [2.24, 2.45) is 0 Å². The summed E-state index contributed by atoms with van der Waals surface area (Å²) in [5.74, 6) is -0.194. The molecule has 1 aliphatic rings. The molecular formula is C15H19BrN2O2. The zero-order valence-corrected chi connectivity index (χ0v) is 13.6. The normalized spacial score (nSPS) is 18.8. The molecule has 5 heteroatoms. The maximum absolute atomic E-state index is 12.2. The lowest BCUT2D eigenvalue weighted by molar-refractivity contribution is -0.138. The van der Waals surface area contributed by atoms with Crippen molar-refractivity contribution < 1.29 is 9.59 Å². The van der Waals surface area contributed by atoms with Gasteiger partial charge in [-0.25, -0.2) is 0 Å². The molecule has 0 spiro atoms. The van der Waals surface area contributed by atoms with E-state index in [1.54, 1.807) is 0 Å². The van der Waals surface area contributed by atoms with Crippen LogP contribution in [0.25, 0.3) is 0 Å². The molecule has 0 radical (unpaired) electrons. The van der Waals surface area contributed by atoms with Crippen LogP contribution in [0.4, 0.5) is 5.69 Å². The lowest BCUT2D eigenvalue weighted by atomic mass is 10.1. The van der Waals surface area contributed by atoms with E-state index in [4.69, 9.17) is 0 Å². The topological polar surface area (TPSA) is 49.4 Å². The Balaban J connectivity index is 2.20. The minimum Gasteiger partial charge on any atom is -0.373 e. The number of aryl methyl sites for hydroxylation is 2. The number of carbonyl (C=O) groups excluding carboxylic acids is 2. The fraction of sp³-hybridized carbons (Fsp3) is 0.467. The Morgan fingerprint density at radius 2 is 1.90 bits per heavy atom. The Morgan fingerprint density at radius 1 is 1.30 bits per heavy atom. The van der Waals surface area contributed by atoms with Gasteiger partial charge in [0.1, 0.15) is 6.04 Å². The molecule has 4 nitrogen and oxygen atoms in total. The molecule has 1 aromatic carbocycles. The molecule has 1 saturated heterocycles. The van der Waals surface area contributed by atoms with Gasteiger partial charge in [0, 0.05) is 16.7 Å². The molecule has 1 fully saturated rings. The summed E-state index contributed by atoms with van der Waals surface area (Å²) < 4.78 is 1.01. The van der Waals surface area contributed by atoms with Crippen molar-refractivity contribution >= 4 is 33.4 Å². The first kappa shape index (κ1) is 15.0. The molecule has 0 aliphatic carbocycles. The molecule has 1 aliphatic heterocycles. The number of carbonyl (C=O) groups is 2. The number of nitrogens with one attached hydrogen (secondary N) is 1. The van der Waals surface area contributed by atoms with Crippen LogP contribution in [0.1, 0.15) is 30.9 Å². The summed E-state index contributed by atoms with van der Waals surface area (Å²) in [5, 5.41) is 3.24. The van der Waals surface area contributed by atoms with E-state index in [0.717, 1.165) is 27.7 Å². The summed E-state index contributed by atoms with van der Waals surface area (Å²) in [6, 6.07) is 3.56. The molecule has 20 heavy (non-hydrogen) atoms. The van der Waals surface area contributed by atoms with E-state index >= 15 is 0 Å². The summed E-state index contributed by atoms with van der Waals surface area (Å²) in [6.07, 6.45) is 1.04. The molecule has 2 rings (SSSR count). The van der Waals surface area contributed by atoms with E-state index in [-0.39, 0.29) is 18.2 Å². The third-order valence-corrected chi connectivity index (χ3v) is 3.97. The van der Waals surface area contributed by atoms with Crippen molar-refractivity contribution in [1.29, 1.82) is 0 Å². The maximum Gasteiger partial charge on any atom is 0.252 e. The minimum atomic E-state index is -0.437. The van der Waals surface area contributed by atoms with Gasteiger partial charge in [-0.05, 0) is 43.5 Å². The number of halogens is 1. The van der Waals surface area contributed by atoms with Crippen LogP contribution in [-0.2, 0) is 9.59 Å². The number of rotatable bonds is 4. The highest BCUT2D eigenvalue weighted by Gasteiger charge is 2.38. The van der Waals surface area contributed by atoms with Crippen molar-refractivity contribution in [3.8, 4) is 0 Å². The number of anilines is 1. The fourth-order valence-corrected chi connectivity index (χ4v) is 3.25. The highest BCUT2D eigenvalue weighted by molar-refractivity contribution is 9.10. The monoisotopic (exact) mass is 338 g/mol. The maximum atomic E-state index is 12.2. The van der Waals surface area contributed by atoms with Gasteiger partial charge >= 0.3 is 0 Å². The smallest absolute Gasteiger partial charge is 0.252 e. The average molecular weight is 339 g/mol. The van der Waals surface area contributed by atoms with Crippen molar-refractivity contribution in [1.82, 2.24) is 4.90 Å². The summed E-state index contributed by atoms with van der Waals surface area (Å²) in [4.78, 5) is 25.5. The number of amides is 2. The number of nitrogens with zero attached hydrogens (tertiary/aromatic N) is 1. The Morgan fingerprint density at radius 3 is 2.45 bits per heavy atom. The largest absolute Gasteiger partial charge is 0.373 e. The van der Waals surface area contributed by atoms with E-state index in [0.29, 0.717) is 6.54 Å². The number of hydrogen-bond acceptors (Lipinski definition) is 3. The number of likely N-dealkylation sites (tertiary alicyclic amines) is 1. The second-order valence-corrected chi connectivity index (χ2v) is 6.11. The third kappa shape index (κ3) is 2.87. The standard InChI is InChI=1S/C15H19BrN2O2/c1-4-5-18-13(19)8-12(15(18)20)17-14-9(2)6-11(16)7-10(14)3/h6-7,12,17H,4-5,8H2,1-3H3. The third-order valence-electron chi connectivity index (χ3n) is 3.51. The van der Waals surface area contributed by atoms with Crippen molar-refractivity contribution in [3.63, 3.8) is 0 Å². The van der Waals surface area contributed by atoms with Gasteiger partial charge in [0.05, 0.1) is 6.42 Å². The van der Waals surface area contributed by atoms with Crippen LogP contribution in [0, 0.1) is 13.8 Å². The Labute approximate surface area is 127 Å². The molecule has 0 aromatic heterocycles. The molecule has 1 N–H and O–H groups in total. The lowest BCUT2D eigenvalue weighted by Crippen LogP contribution is -2.35. The Hall–Kier alpha value is -1.36. The molecule has 1 heterocycles. The predicted molar refractivity (Wildman–Crippen MR) is 82.7 cm³/mol. The number of imide groups is 1. The molecule has 1 aromatic rings. The highest BCUT2D eigenvalue weighted by Crippen LogP contribution is 2.27. The Kier molecular flexibility index (Phi) is 4.48. The number of hydrogen-bond donors (Lipinski definition) is 1. The van der Waals surface area contributed by atoms with Crippen LogP contribution in [0.15, 0.2) is 16.6 Å². The van der Waals surface area contributed by atoms with E-state index in [2.05, 4.69) is 21.2 Å². The van der Waals surface area contributed by atoms with Gasteiger partial charge in [-0.3, -0.25) is 14.5 Å². The summed E-state index contributed by atoms with van der Waals surface area (Å²) >= 11 is 3.45. The first-order valence-electron chi connectivity index (χ1n) is 6.81. The molecule has 0 bridgehead atoms. The molecular weight excluding hydrogens is 320 g/mol. The molecule has 0 saturated carbocycles. The van der Waals surface area contributed by atoms with Gasteiger partial charge in [-0.2, -0.15) is 0 Å². The first-order chi connectivity index (χ1) is 9.43. The SMILES string of the molecule is CCCN1C(=O)CC(Nc2c(C)cc(Br)cc2C)C1=O. The highest BCUT2D eigenvalue weighted by atomic mass is 79.9. The van der Waals surface area contributed by atoms with E-state index in [1.165, 1.54) is 4.90 Å². The summed E-state index contributed by atoms with van der Waals surface area (Å²) in [5.41, 5.74) is 3.06. The van der Waals surface area contributed by atoms with Crippen LogP contribution in [0.2, 0.25) is 0 Å². The van der Waals surface area contributed by atoms with Gasteiger partial charge in [0.25, 0.3) is 5.91 Å². The van der Waals surface area contributed by atoms with Crippen LogP contribution >= 0.6 is 15.9 Å². The van der Waals surface area contributed by atoms with Crippen LogP contribution in [-0.4, -0.2) is 29.3 Å². The summed E-state index contributed by atoms with van der Waals surface area (Å²) in [6.45, 7) is 6.45. The molecule has 2 amide bonds. The van der Waals surface area contributed by atoms with Crippen molar-refractivity contribution in [2.45, 2.75) is 39.7 Å². The lowest BCUT2D eigenvalue weighted by Gasteiger charge is -2.18. The van der Waals surface area contributed by atoms with Crippen molar-refractivity contribution in [3.05, 3.63) is 27.7 Å². The van der Waals surface area contributed by atoms with E-state index < -0.39 is 6.04 Å². The molecule has 1 unspecified atom stereocenters. The predicted octanol–water partition coefficient (Wildman–Crippen LogP) is 3.02. The zero-order chi connectivity index (χ0) is 14.9. The molecule has 1 atom stereocenters. The van der Waals surface area contributed by atoms with E-state index in [9.17, 15) is 9.59 Å². The number of benzene rings is 1. The van der Waals surface area contributed by atoms with Gasteiger partial charge in [-0.1, -0.05) is 22.9 Å². The second kappa shape index (κ2) is 5.95. The van der Waals surface area contributed by atoms with Gasteiger partial charge < -0.3 is 5.32 Å². The summed E-state index contributed by atoms with van der Waals surface area (Å²) in [7, 11) is 0.